The third-order valence-corrected chi connectivity index (χ3v) is 4.91. The van der Waals surface area contributed by atoms with Crippen molar-refractivity contribution in [2.24, 2.45) is 0 Å². The van der Waals surface area contributed by atoms with E-state index < -0.39 is 0 Å². The molecule has 0 saturated heterocycles. The molecule has 2 aromatic rings. The Morgan fingerprint density at radius 2 is 2.11 bits per heavy atom. The monoisotopic (exact) mass is 380 g/mol. The lowest BCUT2D eigenvalue weighted by Crippen LogP contribution is -2.26. The van der Waals surface area contributed by atoms with Crippen LogP contribution in [0.1, 0.15) is 37.4 Å². The molecule has 0 bridgehead atoms. The van der Waals surface area contributed by atoms with Gasteiger partial charge in [0.1, 0.15) is 6.61 Å². The Morgan fingerprint density at radius 1 is 1.32 bits per heavy atom. The zero-order valence-corrected chi connectivity index (χ0v) is 16.4. The average molecular weight is 380 g/mol. The van der Waals surface area contributed by atoms with E-state index in [9.17, 15) is 4.79 Å². The van der Waals surface area contributed by atoms with Crippen LogP contribution < -0.4 is 14.9 Å². The quantitative estimate of drug-likeness (QED) is 0.474. The fraction of sp³-hybridized carbons (Fsp3) is 0.364. The molecule has 0 aliphatic carbocycles. The Morgan fingerprint density at radius 3 is 2.75 bits per heavy atom. The predicted molar refractivity (Wildman–Crippen MR) is 109 cm³/mol. The Labute approximate surface area is 164 Å². The van der Waals surface area contributed by atoms with Gasteiger partial charge >= 0.3 is 0 Å². The first-order valence-corrected chi connectivity index (χ1v) is 9.29. The van der Waals surface area contributed by atoms with Crippen molar-refractivity contribution >= 4 is 5.90 Å². The molecule has 2 heterocycles. The molecule has 1 aliphatic heterocycles. The van der Waals surface area contributed by atoms with Crippen LogP contribution in [-0.4, -0.2) is 30.8 Å². The molecule has 0 saturated carbocycles. The van der Waals surface area contributed by atoms with E-state index in [-0.39, 0.29) is 29.5 Å². The van der Waals surface area contributed by atoms with E-state index in [1.165, 1.54) is 0 Å². The summed E-state index contributed by atoms with van der Waals surface area (Å²) in [5.41, 5.74) is 2.83. The van der Waals surface area contributed by atoms with Gasteiger partial charge in [0.2, 0.25) is 5.90 Å². The van der Waals surface area contributed by atoms with Gasteiger partial charge in [-0.15, -0.1) is 6.42 Å². The lowest BCUT2D eigenvalue weighted by atomic mass is 9.90. The normalized spacial score (nSPS) is 14.4. The third-order valence-electron chi connectivity index (χ3n) is 4.91. The standard InChI is InChI=1S/C22H24N2O4/c1-5-8-28-21-10-14-9-15(6-2)24-13-17(22(23)27-7-3)19(25)12-18(24)16(14)11-20(21)26-4/h1,10-13,15,23H,6-9H2,2-4H3. The molecule has 28 heavy (non-hydrogen) atoms. The summed E-state index contributed by atoms with van der Waals surface area (Å²) in [5, 5.41) is 8.02. The Balaban J connectivity index is 2.17. The van der Waals surface area contributed by atoms with E-state index in [1.807, 2.05) is 12.1 Å². The lowest BCUT2D eigenvalue weighted by molar-refractivity contribution is 0.325. The largest absolute Gasteiger partial charge is 0.493 e. The van der Waals surface area contributed by atoms with Crippen molar-refractivity contribution in [3.63, 3.8) is 0 Å². The Kier molecular flexibility index (Phi) is 5.74. The SMILES string of the molecule is C#CCOc1cc2c(cc1OC)-c1cc(=O)c(C(=N)OCC)cn1C(CC)C2. The molecular formula is C22H24N2O4. The summed E-state index contributed by atoms with van der Waals surface area (Å²) in [5.74, 6) is 3.53. The van der Waals surface area contributed by atoms with Crippen LogP contribution in [-0.2, 0) is 11.2 Å². The van der Waals surface area contributed by atoms with Crippen molar-refractivity contribution in [3.8, 4) is 35.1 Å². The smallest absolute Gasteiger partial charge is 0.218 e. The molecule has 6 heteroatoms. The van der Waals surface area contributed by atoms with Gasteiger partial charge in [-0.25, -0.2) is 0 Å². The fourth-order valence-electron chi connectivity index (χ4n) is 3.55. The molecule has 1 N–H and O–H groups in total. The molecule has 0 fully saturated rings. The molecule has 6 nitrogen and oxygen atoms in total. The van der Waals surface area contributed by atoms with Crippen molar-refractivity contribution in [1.29, 1.82) is 5.41 Å². The highest BCUT2D eigenvalue weighted by molar-refractivity contribution is 5.91. The van der Waals surface area contributed by atoms with Gasteiger partial charge in [-0.05, 0) is 37.5 Å². The first-order chi connectivity index (χ1) is 13.5. The van der Waals surface area contributed by atoms with E-state index in [2.05, 4.69) is 17.4 Å². The number of nitrogens with one attached hydrogen (secondary N) is 1. The minimum absolute atomic E-state index is 0.0981. The molecule has 1 aromatic heterocycles. The van der Waals surface area contributed by atoms with Crippen LogP contribution in [0.15, 0.2) is 29.2 Å². The number of rotatable bonds is 6. The number of aromatic nitrogens is 1. The number of pyridine rings is 1. The second-order valence-electron chi connectivity index (χ2n) is 6.53. The van der Waals surface area contributed by atoms with Crippen LogP contribution in [0.5, 0.6) is 11.5 Å². The Hall–Kier alpha value is -3.20. The number of hydrogen-bond donors (Lipinski definition) is 1. The van der Waals surface area contributed by atoms with E-state index in [1.54, 1.807) is 26.3 Å². The lowest BCUT2D eigenvalue weighted by Gasteiger charge is -2.31. The molecule has 3 rings (SSSR count). The number of nitrogens with zero attached hydrogens (tertiary/aromatic N) is 1. The molecule has 0 amide bonds. The van der Waals surface area contributed by atoms with Crippen molar-refractivity contribution in [2.75, 3.05) is 20.3 Å². The summed E-state index contributed by atoms with van der Waals surface area (Å²) in [6.45, 7) is 4.40. The first kappa shape index (κ1) is 19.6. The van der Waals surface area contributed by atoms with Crippen LogP contribution in [0.2, 0.25) is 0 Å². The van der Waals surface area contributed by atoms with E-state index in [0.717, 1.165) is 29.7 Å². The minimum atomic E-state index is -0.237. The number of ether oxygens (including phenoxy) is 3. The van der Waals surface area contributed by atoms with Gasteiger partial charge in [0, 0.05) is 23.9 Å². The maximum atomic E-state index is 12.7. The zero-order chi connectivity index (χ0) is 20.3. The minimum Gasteiger partial charge on any atom is -0.493 e. The van der Waals surface area contributed by atoms with Gasteiger partial charge in [0.25, 0.3) is 0 Å². The summed E-state index contributed by atoms with van der Waals surface area (Å²) in [6.07, 6.45) is 8.70. The van der Waals surface area contributed by atoms with Crippen molar-refractivity contribution in [3.05, 3.63) is 45.7 Å². The number of terminal acetylenes is 1. The fourth-order valence-corrected chi connectivity index (χ4v) is 3.55. The third kappa shape index (κ3) is 3.48. The topological polar surface area (TPSA) is 73.5 Å². The molecule has 0 spiro atoms. The summed E-state index contributed by atoms with van der Waals surface area (Å²) in [7, 11) is 1.57. The number of methoxy groups -OCH3 is 1. The van der Waals surface area contributed by atoms with Gasteiger partial charge in [-0.1, -0.05) is 12.8 Å². The number of hydrogen-bond acceptors (Lipinski definition) is 5. The predicted octanol–water partition coefficient (Wildman–Crippen LogP) is 3.40. The number of benzene rings is 1. The van der Waals surface area contributed by atoms with Crippen molar-refractivity contribution in [2.45, 2.75) is 32.7 Å². The van der Waals surface area contributed by atoms with Crippen LogP contribution in [0, 0.1) is 17.8 Å². The molecule has 146 valence electrons. The van der Waals surface area contributed by atoms with Gasteiger partial charge in [-0.2, -0.15) is 0 Å². The van der Waals surface area contributed by atoms with E-state index >= 15 is 0 Å². The van der Waals surface area contributed by atoms with Crippen molar-refractivity contribution < 1.29 is 14.2 Å². The maximum Gasteiger partial charge on any atom is 0.218 e. The van der Waals surface area contributed by atoms with Crippen LogP contribution in [0.4, 0.5) is 0 Å². The summed E-state index contributed by atoms with van der Waals surface area (Å²) in [4.78, 5) is 12.7. The second kappa shape index (κ2) is 8.22. The van der Waals surface area contributed by atoms with Crippen molar-refractivity contribution in [1.82, 2.24) is 4.57 Å². The van der Waals surface area contributed by atoms with Crippen LogP contribution >= 0.6 is 0 Å². The Bertz CT molecular complexity index is 1000. The highest BCUT2D eigenvalue weighted by Gasteiger charge is 2.26. The van der Waals surface area contributed by atoms with Gasteiger partial charge in [-0.3, -0.25) is 10.2 Å². The second-order valence-corrected chi connectivity index (χ2v) is 6.53. The van der Waals surface area contributed by atoms with Gasteiger partial charge in [0.15, 0.2) is 16.9 Å². The van der Waals surface area contributed by atoms with Gasteiger partial charge < -0.3 is 18.8 Å². The highest BCUT2D eigenvalue weighted by Crippen LogP contribution is 2.41. The molecule has 1 aromatic carbocycles. The zero-order valence-electron chi connectivity index (χ0n) is 16.4. The van der Waals surface area contributed by atoms with E-state index in [4.69, 9.17) is 26.0 Å². The number of fused-ring (bicyclic) bond motifs is 3. The van der Waals surface area contributed by atoms with Crippen LogP contribution in [0.3, 0.4) is 0 Å². The summed E-state index contributed by atoms with van der Waals surface area (Å²) in [6, 6.07) is 5.56. The van der Waals surface area contributed by atoms with Gasteiger partial charge in [0.05, 0.1) is 25.0 Å². The molecule has 1 unspecified atom stereocenters. The highest BCUT2D eigenvalue weighted by atomic mass is 16.5. The average Bonchev–Trinajstić information content (AvgIpc) is 2.70. The van der Waals surface area contributed by atoms with E-state index in [0.29, 0.717) is 18.1 Å². The first-order valence-electron chi connectivity index (χ1n) is 9.29. The van der Waals surface area contributed by atoms with Crippen LogP contribution in [0.25, 0.3) is 11.3 Å². The maximum absolute atomic E-state index is 12.7. The summed E-state index contributed by atoms with van der Waals surface area (Å²) < 4.78 is 18.4. The molecule has 1 atom stereocenters. The molecule has 1 aliphatic rings. The summed E-state index contributed by atoms with van der Waals surface area (Å²) >= 11 is 0. The molecule has 0 radical (unpaired) electrons. The molecular weight excluding hydrogens is 356 g/mol.